The number of anilines is 2. The van der Waals surface area contributed by atoms with Crippen LogP contribution in [-0.2, 0) is 25.5 Å². The smallest absolute Gasteiger partial charge is 0.309 e. The van der Waals surface area contributed by atoms with Crippen LogP contribution in [0.25, 0.3) is 0 Å². The van der Waals surface area contributed by atoms with Crippen molar-refractivity contribution in [2.45, 2.75) is 76.5 Å². The molecule has 2 fully saturated rings. The van der Waals surface area contributed by atoms with E-state index < -0.39 is 11.2 Å². The summed E-state index contributed by atoms with van der Waals surface area (Å²) in [5.74, 6) is 3.47. The third kappa shape index (κ3) is 5.05. The first-order chi connectivity index (χ1) is 16.1. The van der Waals surface area contributed by atoms with Gasteiger partial charge in [0.15, 0.2) is 0 Å². The SMILES string of the molecule is CC(C)(C)OC(=O)CC1(O)CCN(c2cccc3c2CCN3[C@H]2CCC(=C=O)NC2=C=O)CC1. The van der Waals surface area contributed by atoms with Gasteiger partial charge >= 0.3 is 5.97 Å². The minimum Gasteiger partial charge on any atom is -0.460 e. The van der Waals surface area contributed by atoms with E-state index in [0.29, 0.717) is 50.2 Å². The number of allylic oxidation sites excluding steroid dienone is 1. The maximum absolute atomic E-state index is 12.3. The molecule has 0 aliphatic carbocycles. The third-order valence-corrected chi connectivity index (χ3v) is 6.86. The number of nitrogens with zero attached hydrogens (tertiary/aromatic N) is 2. The van der Waals surface area contributed by atoms with Crippen molar-refractivity contribution < 1.29 is 24.2 Å². The molecule has 0 bridgehead atoms. The number of nitrogens with one attached hydrogen (secondary N) is 1. The summed E-state index contributed by atoms with van der Waals surface area (Å²) in [6, 6.07) is 6.04. The van der Waals surface area contributed by atoms with Crippen LogP contribution in [0.2, 0.25) is 0 Å². The van der Waals surface area contributed by atoms with Gasteiger partial charge in [0.25, 0.3) is 0 Å². The first-order valence-electron chi connectivity index (χ1n) is 12.0. The number of hydrogen-bond acceptors (Lipinski definition) is 8. The van der Waals surface area contributed by atoms with Crippen LogP contribution in [0, 0.1) is 0 Å². The van der Waals surface area contributed by atoms with E-state index >= 15 is 0 Å². The quantitative estimate of drug-likeness (QED) is 0.514. The molecule has 182 valence electrons. The van der Waals surface area contributed by atoms with Crippen LogP contribution in [0.4, 0.5) is 11.4 Å². The van der Waals surface area contributed by atoms with Crippen LogP contribution in [-0.4, -0.2) is 59.8 Å². The molecular weight excluding hydrogens is 434 g/mol. The number of rotatable bonds is 4. The Morgan fingerprint density at radius 1 is 1.15 bits per heavy atom. The largest absolute Gasteiger partial charge is 0.460 e. The zero-order valence-corrected chi connectivity index (χ0v) is 20.1. The first kappa shape index (κ1) is 24.1. The lowest BCUT2D eigenvalue weighted by Gasteiger charge is -2.40. The van der Waals surface area contributed by atoms with Gasteiger partial charge < -0.3 is 25.0 Å². The summed E-state index contributed by atoms with van der Waals surface area (Å²) in [6.45, 7) is 7.55. The number of hydrogen-bond donors (Lipinski definition) is 2. The second kappa shape index (κ2) is 9.30. The van der Waals surface area contributed by atoms with Crippen LogP contribution >= 0.6 is 0 Å². The molecule has 34 heavy (non-hydrogen) atoms. The minimum atomic E-state index is -1.05. The van der Waals surface area contributed by atoms with Gasteiger partial charge in [-0.2, -0.15) is 0 Å². The van der Waals surface area contributed by atoms with Crippen molar-refractivity contribution in [1.82, 2.24) is 5.32 Å². The molecule has 8 nitrogen and oxygen atoms in total. The fourth-order valence-corrected chi connectivity index (χ4v) is 5.26. The van der Waals surface area contributed by atoms with Crippen LogP contribution in [0.1, 0.15) is 58.4 Å². The Kier molecular flexibility index (Phi) is 6.59. The van der Waals surface area contributed by atoms with E-state index in [1.165, 1.54) is 5.56 Å². The van der Waals surface area contributed by atoms with E-state index in [9.17, 15) is 19.5 Å². The van der Waals surface area contributed by atoms with Crippen molar-refractivity contribution in [3.63, 3.8) is 0 Å². The Balaban J connectivity index is 1.46. The highest BCUT2D eigenvalue weighted by atomic mass is 16.6. The second-order valence-corrected chi connectivity index (χ2v) is 10.5. The highest BCUT2D eigenvalue weighted by Gasteiger charge is 2.38. The van der Waals surface area contributed by atoms with Crippen LogP contribution in [0.15, 0.2) is 29.6 Å². The van der Waals surface area contributed by atoms with Gasteiger partial charge in [-0.15, -0.1) is 0 Å². The fourth-order valence-electron chi connectivity index (χ4n) is 5.26. The molecule has 3 aliphatic heterocycles. The first-order valence-corrected chi connectivity index (χ1v) is 12.0. The summed E-state index contributed by atoms with van der Waals surface area (Å²) >= 11 is 0. The maximum Gasteiger partial charge on any atom is 0.309 e. The van der Waals surface area contributed by atoms with Crippen LogP contribution < -0.4 is 15.1 Å². The average molecular weight is 468 g/mol. The van der Waals surface area contributed by atoms with E-state index in [-0.39, 0.29) is 18.4 Å². The summed E-state index contributed by atoms with van der Waals surface area (Å²) in [6.07, 6.45) is 3.05. The average Bonchev–Trinajstić information content (AvgIpc) is 3.21. The summed E-state index contributed by atoms with van der Waals surface area (Å²) < 4.78 is 5.40. The van der Waals surface area contributed by atoms with Crippen LogP contribution in [0.3, 0.4) is 0 Å². The number of esters is 1. The standard InChI is InChI=1S/C26H33N3O5/c1-25(2,3)34-24(32)15-26(33)10-13-28(14-11-26)21-5-4-6-22-19(21)9-12-29(22)23-8-7-18(16-30)27-20(23)17-31/h4-6,23,27,33H,7-15H2,1-3H3/t23-/m0/s1. The third-order valence-electron chi connectivity index (χ3n) is 6.86. The summed E-state index contributed by atoms with van der Waals surface area (Å²) in [5.41, 5.74) is 2.61. The Morgan fingerprint density at radius 3 is 2.50 bits per heavy atom. The van der Waals surface area contributed by atoms with Gasteiger partial charge in [0.05, 0.1) is 18.1 Å². The highest BCUT2D eigenvalue weighted by molar-refractivity contribution is 5.74. The number of carbonyl (C=O) groups is 1. The molecule has 3 aliphatic rings. The van der Waals surface area contributed by atoms with E-state index in [1.807, 2.05) is 38.7 Å². The van der Waals surface area contributed by atoms with Crippen molar-refractivity contribution in [2.24, 2.45) is 0 Å². The molecule has 2 saturated heterocycles. The maximum atomic E-state index is 12.3. The summed E-state index contributed by atoms with van der Waals surface area (Å²) in [4.78, 5) is 39.3. The highest BCUT2D eigenvalue weighted by Crippen LogP contribution is 2.40. The van der Waals surface area contributed by atoms with Gasteiger partial charge in [-0.3, -0.25) is 4.79 Å². The van der Waals surface area contributed by atoms with Crippen molar-refractivity contribution in [1.29, 1.82) is 0 Å². The predicted octanol–water partition coefficient (Wildman–Crippen LogP) is 2.30. The monoisotopic (exact) mass is 467 g/mol. The fraction of sp³-hybridized carbons (Fsp3) is 0.577. The van der Waals surface area contributed by atoms with Crippen molar-refractivity contribution >= 4 is 29.2 Å². The van der Waals surface area contributed by atoms with E-state index in [1.54, 1.807) is 0 Å². The molecule has 8 heteroatoms. The van der Waals surface area contributed by atoms with Gasteiger partial charge in [-0.25, -0.2) is 9.59 Å². The van der Waals surface area contributed by atoms with Gasteiger partial charge in [0.1, 0.15) is 28.9 Å². The molecule has 1 aromatic carbocycles. The van der Waals surface area contributed by atoms with Crippen LogP contribution in [0.5, 0.6) is 0 Å². The molecule has 3 heterocycles. The van der Waals surface area contributed by atoms with Crippen molar-refractivity contribution in [3.05, 3.63) is 35.2 Å². The van der Waals surface area contributed by atoms with Gasteiger partial charge in [-0.1, -0.05) is 6.07 Å². The topological polar surface area (TPSA) is 99.2 Å². The Labute approximate surface area is 200 Å². The summed E-state index contributed by atoms with van der Waals surface area (Å²) in [7, 11) is 0. The Morgan fingerprint density at radius 2 is 1.85 bits per heavy atom. The van der Waals surface area contributed by atoms with E-state index in [2.05, 4.69) is 27.2 Å². The lowest BCUT2D eigenvalue weighted by atomic mass is 9.87. The molecule has 0 amide bonds. The molecule has 0 radical (unpaired) electrons. The molecular formula is C26H33N3O5. The van der Waals surface area contributed by atoms with Gasteiger partial charge in [0, 0.05) is 43.0 Å². The minimum absolute atomic E-state index is 0.00545. The Hall–Kier alpha value is -3.05. The van der Waals surface area contributed by atoms with Crippen molar-refractivity contribution in [3.8, 4) is 0 Å². The zero-order valence-electron chi connectivity index (χ0n) is 20.1. The second-order valence-electron chi connectivity index (χ2n) is 10.5. The van der Waals surface area contributed by atoms with Crippen molar-refractivity contribution in [2.75, 3.05) is 29.4 Å². The molecule has 1 aromatic rings. The Bertz CT molecular complexity index is 1050. The van der Waals surface area contributed by atoms with Gasteiger partial charge in [-0.05, 0) is 58.6 Å². The number of carbonyl (C=O) groups excluding carboxylic acids is 3. The molecule has 0 unspecified atom stereocenters. The predicted molar refractivity (Wildman–Crippen MR) is 129 cm³/mol. The number of aliphatic hydroxyl groups is 1. The molecule has 4 rings (SSSR count). The zero-order chi connectivity index (χ0) is 24.5. The van der Waals surface area contributed by atoms with E-state index in [0.717, 1.165) is 24.3 Å². The molecule has 0 aromatic heterocycles. The van der Waals surface area contributed by atoms with E-state index in [4.69, 9.17) is 4.74 Å². The molecule has 0 saturated carbocycles. The molecule has 2 N–H and O–H groups in total. The number of benzene rings is 1. The molecule has 1 atom stereocenters. The number of fused-ring (bicyclic) bond motifs is 1. The number of piperidine rings is 2. The summed E-state index contributed by atoms with van der Waals surface area (Å²) in [5, 5.41) is 13.9. The normalized spacial score (nSPS) is 21.9. The molecule has 0 spiro atoms. The van der Waals surface area contributed by atoms with Gasteiger partial charge in [0.2, 0.25) is 0 Å². The lowest BCUT2D eigenvalue weighted by Crippen LogP contribution is -2.46. The number of ether oxygens (including phenoxy) is 1. The lowest BCUT2D eigenvalue weighted by molar-refractivity contribution is -0.161.